The molecule has 1 saturated heterocycles. The van der Waals surface area contributed by atoms with Gasteiger partial charge in [0.2, 0.25) is 0 Å². The lowest BCUT2D eigenvalue weighted by molar-refractivity contribution is -0.160. The molecule has 0 spiro atoms. The SMILES string of the molecule is CCOC(=O)C(=O)N1CCN(c2ncnc3c2nnn3-c2ccc(Cl)cc2)CC1. The normalized spacial score (nSPS) is 14.3. The number of anilines is 1. The van der Waals surface area contributed by atoms with Crippen LogP contribution in [0.15, 0.2) is 30.6 Å². The first-order chi connectivity index (χ1) is 14.1. The summed E-state index contributed by atoms with van der Waals surface area (Å²) in [7, 11) is 0. The van der Waals surface area contributed by atoms with Crippen LogP contribution in [-0.4, -0.2) is 74.5 Å². The number of hydrogen-bond acceptors (Lipinski definition) is 8. The lowest BCUT2D eigenvalue weighted by atomic mass is 10.3. The van der Waals surface area contributed by atoms with Gasteiger partial charge in [-0.1, -0.05) is 16.8 Å². The fourth-order valence-electron chi connectivity index (χ4n) is 3.17. The number of benzene rings is 1. The monoisotopic (exact) mass is 415 g/mol. The van der Waals surface area contributed by atoms with E-state index >= 15 is 0 Å². The molecule has 1 amide bonds. The number of fused-ring (bicyclic) bond motifs is 1. The molecule has 29 heavy (non-hydrogen) atoms. The quantitative estimate of drug-likeness (QED) is 0.462. The summed E-state index contributed by atoms with van der Waals surface area (Å²) in [6.07, 6.45) is 1.46. The van der Waals surface area contributed by atoms with Crippen molar-refractivity contribution in [2.24, 2.45) is 0 Å². The standard InChI is InChI=1S/C18H18ClN7O3/c1-2-29-18(28)17(27)25-9-7-24(8-10-25)15-14-16(21-11-20-15)26(23-22-14)13-5-3-12(19)4-6-13/h3-6,11H,2,7-10H2,1H3. The summed E-state index contributed by atoms with van der Waals surface area (Å²) in [5.41, 5.74) is 1.92. The van der Waals surface area contributed by atoms with E-state index in [1.807, 2.05) is 17.0 Å². The Labute approximate surface area is 171 Å². The van der Waals surface area contributed by atoms with E-state index in [1.54, 1.807) is 23.7 Å². The highest BCUT2D eigenvalue weighted by Gasteiger charge is 2.28. The van der Waals surface area contributed by atoms with E-state index in [9.17, 15) is 9.59 Å². The zero-order valence-electron chi connectivity index (χ0n) is 15.7. The minimum absolute atomic E-state index is 0.173. The Balaban J connectivity index is 1.54. The zero-order valence-corrected chi connectivity index (χ0v) is 16.4. The van der Waals surface area contributed by atoms with Crippen LogP contribution in [0, 0.1) is 0 Å². The van der Waals surface area contributed by atoms with Crippen LogP contribution in [0.1, 0.15) is 6.92 Å². The molecule has 0 atom stereocenters. The van der Waals surface area contributed by atoms with Gasteiger partial charge in [0.1, 0.15) is 6.33 Å². The van der Waals surface area contributed by atoms with Crippen LogP contribution < -0.4 is 4.90 Å². The molecule has 1 aliphatic heterocycles. The number of carbonyl (C=O) groups is 2. The summed E-state index contributed by atoms with van der Waals surface area (Å²) in [5.74, 6) is -0.803. The number of halogens is 1. The average molecular weight is 416 g/mol. The third-order valence-corrected chi connectivity index (χ3v) is 4.86. The van der Waals surface area contributed by atoms with E-state index in [-0.39, 0.29) is 6.61 Å². The van der Waals surface area contributed by atoms with Gasteiger partial charge in [0.05, 0.1) is 12.3 Å². The Kier molecular flexibility index (Phi) is 5.26. The Hall–Kier alpha value is -3.27. The predicted molar refractivity (Wildman–Crippen MR) is 105 cm³/mol. The van der Waals surface area contributed by atoms with Crippen molar-refractivity contribution in [3.8, 4) is 5.69 Å². The Morgan fingerprint density at radius 1 is 1.10 bits per heavy atom. The number of nitrogens with zero attached hydrogens (tertiary/aromatic N) is 7. The van der Waals surface area contributed by atoms with Crippen LogP contribution in [0.2, 0.25) is 5.02 Å². The maximum absolute atomic E-state index is 12.1. The van der Waals surface area contributed by atoms with Gasteiger partial charge in [-0.05, 0) is 31.2 Å². The highest BCUT2D eigenvalue weighted by atomic mass is 35.5. The van der Waals surface area contributed by atoms with E-state index in [2.05, 4.69) is 20.3 Å². The van der Waals surface area contributed by atoms with E-state index in [4.69, 9.17) is 16.3 Å². The van der Waals surface area contributed by atoms with Crippen molar-refractivity contribution >= 4 is 40.5 Å². The fraction of sp³-hybridized carbons (Fsp3) is 0.333. The van der Waals surface area contributed by atoms with Crippen LogP contribution >= 0.6 is 11.6 Å². The lowest BCUT2D eigenvalue weighted by Crippen LogP contribution is -2.51. The van der Waals surface area contributed by atoms with Gasteiger partial charge in [0, 0.05) is 31.2 Å². The number of ether oxygens (including phenoxy) is 1. The molecule has 0 radical (unpaired) electrons. The molecule has 0 bridgehead atoms. The zero-order chi connectivity index (χ0) is 20.4. The van der Waals surface area contributed by atoms with Crippen molar-refractivity contribution in [1.29, 1.82) is 0 Å². The van der Waals surface area contributed by atoms with Crippen LogP contribution in [0.25, 0.3) is 16.9 Å². The summed E-state index contributed by atoms with van der Waals surface area (Å²) in [6.45, 7) is 3.62. The summed E-state index contributed by atoms with van der Waals surface area (Å²) in [4.78, 5) is 35.9. The van der Waals surface area contributed by atoms with Crippen molar-refractivity contribution in [1.82, 2.24) is 29.9 Å². The molecule has 2 aromatic heterocycles. The van der Waals surface area contributed by atoms with Crippen LogP contribution in [0.3, 0.4) is 0 Å². The second-order valence-electron chi connectivity index (χ2n) is 6.35. The topological polar surface area (TPSA) is 106 Å². The highest BCUT2D eigenvalue weighted by Crippen LogP contribution is 2.24. The van der Waals surface area contributed by atoms with Gasteiger partial charge >= 0.3 is 11.9 Å². The molecule has 11 heteroatoms. The van der Waals surface area contributed by atoms with Gasteiger partial charge in [-0.3, -0.25) is 4.79 Å². The highest BCUT2D eigenvalue weighted by molar-refractivity contribution is 6.32. The number of aromatic nitrogens is 5. The van der Waals surface area contributed by atoms with Crippen LogP contribution in [0.4, 0.5) is 5.82 Å². The maximum Gasteiger partial charge on any atom is 0.397 e. The van der Waals surface area contributed by atoms with Gasteiger partial charge in [-0.2, -0.15) is 4.68 Å². The largest absolute Gasteiger partial charge is 0.459 e. The molecular formula is C18H18ClN7O3. The fourth-order valence-corrected chi connectivity index (χ4v) is 3.29. The number of carbonyl (C=O) groups excluding carboxylic acids is 2. The molecule has 0 aliphatic carbocycles. The molecule has 1 aliphatic rings. The molecule has 1 aromatic carbocycles. The molecule has 0 unspecified atom stereocenters. The van der Waals surface area contributed by atoms with Gasteiger partial charge in [-0.25, -0.2) is 14.8 Å². The summed E-state index contributed by atoms with van der Waals surface area (Å²) in [6, 6.07) is 7.20. The van der Waals surface area contributed by atoms with Crippen LogP contribution in [0.5, 0.6) is 0 Å². The molecule has 150 valence electrons. The number of rotatable bonds is 3. The van der Waals surface area contributed by atoms with E-state index in [0.717, 1.165) is 5.69 Å². The summed E-state index contributed by atoms with van der Waals surface area (Å²) in [5, 5.41) is 9.09. The van der Waals surface area contributed by atoms with Crippen molar-refractivity contribution in [2.75, 3.05) is 37.7 Å². The van der Waals surface area contributed by atoms with Crippen molar-refractivity contribution in [2.45, 2.75) is 6.92 Å². The molecule has 4 rings (SSSR count). The van der Waals surface area contributed by atoms with E-state index in [0.29, 0.717) is 48.2 Å². The van der Waals surface area contributed by atoms with Gasteiger partial charge in [-0.15, -0.1) is 5.10 Å². The maximum atomic E-state index is 12.1. The van der Waals surface area contributed by atoms with Crippen molar-refractivity contribution in [3.63, 3.8) is 0 Å². The second kappa shape index (κ2) is 8.00. The van der Waals surface area contributed by atoms with E-state index in [1.165, 1.54) is 11.2 Å². The van der Waals surface area contributed by atoms with Crippen molar-refractivity contribution < 1.29 is 14.3 Å². The molecular weight excluding hydrogens is 398 g/mol. The Morgan fingerprint density at radius 2 is 1.83 bits per heavy atom. The first-order valence-corrected chi connectivity index (χ1v) is 9.49. The second-order valence-corrected chi connectivity index (χ2v) is 6.78. The van der Waals surface area contributed by atoms with Gasteiger partial charge in [0.15, 0.2) is 17.0 Å². The lowest BCUT2D eigenvalue weighted by Gasteiger charge is -2.34. The number of piperazine rings is 1. The average Bonchev–Trinajstić information content (AvgIpc) is 3.18. The molecule has 10 nitrogen and oxygen atoms in total. The first-order valence-electron chi connectivity index (χ1n) is 9.12. The molecule has 3 aromatic rings. The van der Waals surface area contributed by atoms with Gasteiger partial charge < -0.3 is 14.5 Å². The molecule has 0 N–H and O–H groups in total. The third kappa shape index (κ3) is 3.70. The summed E-state index contributed by atoms with van der Waals surface area (Å²) >= 11 is 5.95. The Morgan fingerprint density at radius 3 is 2.52 bits per heavy atom. The third-order valence-electron chi connectivity index (χ3n) is 4.61. The number of amides is 1. The number of hydrogen-bond donors (Lipinski definition) is 0. The minimum atomic E-state index is -0.823. The smallest absolute Gasteiger partial charge is 0.397 e. The van der Waals surface area contributed by atoms with Crippen LogP contribution in [-0.2, 0) is 14.3 Å². The Bertz CT molecular complexity index is 1050. The minimum Gasteiger partial charge on any atom is -0.459 e. The van der Waals surface area contributed by atoms with E-state index < -0.39 is 11.9 Å². The first kappa shape index (κ1) is 19.1. The molecule has 0 saturated carbocycles. The van der Waals surface area contributed by atoms with Crippen molar-refractivity contribution in [3.05, 3.63) is 35.6 Å². The summed E-state index contributed by atoms with van der Waals surface area (Å²) < 4.78 is 6.41. The number of esters is 1. The van der Waals surface area contributed by atoms with Gasteiger partial charge in [0.25, 0.3) is 0 Å². The molecule has 3 heterocycles. The predicted octanol–water partition coefficient (Wildman–Crippen LogP) is 1.08. The molecule has 1 fully saturated rings.